The number of guanidine groups is 1. The minimum atomic E-state index is 0.639. The van der Waals surface area contributed by atoms with Gasteiger partial charge in [0.2, 0.25) is 0 Å². The Kier molecular flexibility index (Phi) is 12.6. The summed E-state index contributed by atoms with van der Waals surface area (Å²) in [5, 5.41) is 14.1. The highest BCUT2D eigenvalue weighted by Crippen LogP contribution is 1.92. The highest BCUT2D eigenvalue weighted by atomic mass is 16.5. The number of nitrogens with zero attached hydrogens (tertiary/aromatic N) is 4. The van der Waals surface area contributed by atoms with Crippen molar-refractivity contribution in [1.29, 1.82) is 0 Å². The predicted octanol–water partition coefficient (Wildman–Crippen LogP) is 1.06. The molecule has 1 heterocycles. The van der Waals surface area contributed by atoms with Gasteiger partial charge < -0.3 is 24.7 Å². The molecule has 2 N–H and O–H groups in total. The highest BCUT2D eigenvalue weighted by molar-refractivity contribution is 5.79. The fourth-order valence-electron chi connectivity index (χ4n) is 1.99. The van der Waals surface area contributed by atoms with E-state index in [1.54, 1.807) is 19.7 Å². The number of hydrogen-bond acceptors (Lipinski definition) is 5. The lowest BCUT2D eigenvalue weighted by Crippen LogP contribution is -2.39. The summed E-state index contributed by atoms with van der Waals surface area (Å²) in [6.07, 6.45) is 7.89. The standard InChI is InChI=1S/C16H32N6O2/c1-3-4-10-23-12-13-24-11-8-19-16(17-2)18-7-5-6-9-22-14-20-21-15-22/h14-15H,3-13H2,1-2H3,(H2,17,18,19). The lowest BCUT2D eigenvalue weighted by molar-refractivity contribution is 0.0487. The van der Waals surface area contributed by atoms with Gasteiger partial charge in [0.1, 0.15) is 12.7 Å². The first kappa shape index (κ1) is 20.4. The van der Waals surface area contributed by atoms with Crippen molar-refractivity contribution in [3.8, 4) is 0 Å². The van der Waals surface area contributed by atoms with E-state index in [-0.39, 0.29) is 0 Å². The van der Waals surface area contributed by atoms with Crippen LogP contribution in [-0.4, -0.2) is 67.3 Å². The number of aromatic nitrogens is 3. The molecule has 0 saturated heterocycles. The van der Waals surface area contributed by atoms with Gasteiger partial charge in [-0.1, -0.05) is 13.3 Å². The second kappa shape index (κ2) is 14.9. The van der Waals surface area contributed by atoms with Gasteiger partial charge in [0.25, 0.3) is 0 Å². The summed E-state index contributed by atoms with van der Waals surface area (Å²) in [5.74, 6) is 0.807. The second-order valence-electron chi connectivity index (χ2n) is 5.41. The number of rotatable bonds is 14. The van der Waals surface area contributed by atoms with Crippen molar-refractivity contribution in [3.05, 3.63) is 12.7 Å². The van der Waals surface area contributed by atoms with Crippen LogP contribution >= 0.6 is 0 Å². The minimum Gasteiger partial charge on any atom is -0.379 e. The molecule has 1 aromatic heterocycles. The van der Waals surface area contributed by atoms with E-state index in [0.29, 0.717) is 19.8 Å². The van der Waals surface area contributed by atoms with E-state index in [0.717, 1.165) is 57.9 Å². The number of hydrogen-bond donors (Lipinski definition) is 2. The number of unbranched alkanes of at least 4 members (excludes halogenated alkanes) is 2. The van der Waals surface area contributed by atoms with Crippen molar-refractivity contribution in [2.45, 2.75) is 39.2 Å². The van der Waals surface area contributed by atoms with Gasteiger partial charge in [-0.15, -0.1) is 10.2 Å². The summed E-state index contributed by atoms with van der Waals surface area (Å²) >= 11 is 0. The monoisotopic (exact) mass is 340 g/mol. The van der Waals surface area contributed by atoms with Gasteiger partial charge in [0.05, 0.1) is 19.8 Å². The number of ether oxygens (including phenoxy) is 2. The molecule has 0 amide bonds. The molecule has 0 unspecified atom stereocenters. The average Bonchev–Trinajstić information content (AvgIpc) is 3.11. The highest BCUT2D eigenvalue weighted by Gasteiger charge is 1.97. The Hall–Kier alpha value is -1.67. The van der Waals surface area contributed by atoms with Crippen molar-refractivity contribution >= 4 is 5.96 Å². The number of aliphatic imine (C=N–C) groups is 1. The van der Waals surface area contributed by atoms with Crippen LogP contribution in [0.4, 0.5) is 0 Å². The molecular weight excluding hydrogens is 308 g/mol. The normalized spacial score (nSPS) is 11.7. The third-order valence-electron chi connectivity index (χ3n) is 3.38. The van der Waals surface area contributed by atoms with Crippen molar-refractivity contribution < 1.29 is 9.47 Å². The summed E-state index contributed by atoms with van der Waals surface area (Å²) in [6, 6.07) is 0. The molecule has 0 aliphatic heterocycles. The van der Waals surface area contributed by atoms with Gasteiger partial charge in [0, 0.05) is 33.3 Å². The molecule has 0 atom stereocenters. The SMILES string of the molecule is CCCCOCCOCCNC(=NC)NCCCCn1cnnc1. The molecule has 8 nitrogen and oxygen atoms in total. The van der Waals surface area contributed by atoms with Crippen LogP contribution in [0.5, 0.6) is 0 Å². The van der Waals surface area contributed by atoms with Crippen LogP contribution < -0.4 is 10.6 Å². The minimum absolute atomic E-state index is 0.639. The van der Waals surface area contributed by atoms with Crippen LogP contribution in [0.15, 0.2) is 17.6 Å². The van der Waals surface area contributed by atoms with Gasteiger partial charge in [-0.2, -0.15) is 0 Å². The maximum atomic E-state index is 5.51. The van der Waals surface area contributed by atoms with E-state index < -0.39 is 0 Å². The van der Waals surface area contributed by atoms with Gasteiger partial charge in [-0.05, 0) is 19.3 Å². The average molecular weight is 340 g/mol. The van der Waals surface area contributed by atoms with E-state index in [1.165, 1.54) is 0 Å². The topological polar surface area (TPSA) is 85.6 Å². The first-order valence-corrected chi connectivity index (χ1v) is 8.79. The molecule has 8 heteroatoms. The summed E-state index contributed by atoms with van der Waals surface area (Å²) in [6.45, 7) is 7.49. The molecular formula is C16H32N6O2. The molecule has 24 heavy (non-hydrogen) atoms. The maximum Gasteiger partial charge on any atom is 0.191 e. The second-order valence-corrected chi connectivity index (χ2v) is 5.41. The summed E-state index contributed by atoms with van der Waals surface area (Å²) in [5.41, 5.74) is 0. The van der Waals surface area contributed by atoms with E-state index >= 15 is 0 Å². The fourth-order valence-corrected chi connectivity index (χ4v) is 1.99. The van der Waals surface area contributed by atoms with Gasteiger partial charge in [0.15, 0.2) is 5.96 Å². The van der Waals surface area contributed by atoms with Crippen LogP contribution in [-0.2, 0) is 16.0 Å². The Morgan fingerprint density at radius 3 is 2.38 bits per heavy atom. The Labute approximate surface area is 145 Å². The van der Waals surface area contributed by atoms with Crippen molar-refractivity contribution in [2.24, 2.45) is 4.99 Å². The Bertz CT molecular complexity index is 411. The van der Waals surface area contributed by atoms with E-state index in [2.05, 4.69) is 32.7 Å². The number of aryl methyl sites for hydroxylation is 1. The van der Waals surface area contributed by atoms with Crippen molar-refractivity contribution in [1.82, 2.24) is 25.4 Å². The molecule has 0 spiro atoms. The van der Waals surface area contributed by atoms with Crippen molar-refractivity contribution in [2.75, 3.05) is 46.6 Å². The Morgan fingerprint density at radius 2 is 1.67 bits per heavy atom. The maximum absolute atomic E-state index is 5.51. The van der Waals surface area contributed by atoms with Crippen LogP contribution in [0.25, 0.3) is 0 Å². The summed E-state index contributed by atoms with van der Waals surface area (Å²) in [4.78, 5) is 4.19. The largest absolute Gasteiger partial charge is 0.379 e. The summed E-state index contributed by atoms with van der Waals surface area (Å²) < 4.78 is 12.9. The molecule has 0 aromatic carbocycles. The van der Waals surface area contributed by atoms with Gasteiger partial charge in [-0.3, -0.25) is 4.99 Å². The molecule has 1 aromatic rings. The molecule has 138 valence electrons. The van der Waals surface area contributed by atoms with Crippen LogP contribution in [0.2, 0.25) is 0 Å². The lowest BCUT2D eigenvalue weighted by atomic mass is 10.3. The lowest BCUT2D eigenvalue weighted by Gasteiger charge is -2.12. The van der Waals surface area contributed by atoms with Crippen LogP contribution in [0.1, 0.15) is 32.6 Å². The molecule has 0 fully saturated rings. The first-order chi connectivity index (χ1) is 11.9. The summed E-state index contributed by atoms with van der Waals surface area (Å²) in [7, 11) is 1.77. The van der Waals surface area contributed by atoms with Gasteiger partial charge >= 0.3 is 0 Å². The quantitative estimate of drug-likeness (QED) is 0.299. The Morgan fingerprint density at radius 1 is 0.958 bits per heavy atom. The molecule has 0 saturated carbocycles. The fraction of sp³-hybridized carbons (Fsp3) is 0.812. The molecule has 0 aliphatic rings. The van der Waals surface area contributed by atoms with E-state index in [1.807, 2.05) is 4.57 Å². The third-order valence-corrected chi connectivity index (χ3v) is 3.38. The van der Waals surface area contributed by atoms with E-state index in [9.17, 15) is 0 Å². The van der Waals surface area contributed by atoms with Crippen LogP contribution in [0, 0.1) is 0 Å². The zero-order chi connectivity index (χ0) is 17.3. The van der Waals surface area contributed by atoms with Gasteiger partial charge in [-0.25, -0.2) is 0 Å². The molecule has 0 aliphatic carbocycles. The smallest absolute Gasteiger partial charge is 0.191 e. The first-order valence-electron chi connectivity index (χ1n) is 8.79. The predicted molar refractivity (Wildman–Crippen MR) is 95.2 cm³/mol. The Balaban J connectivity index is 1.89. The zero-order valence-corrected chi connectivity index (χ0v) is 15.0. The third kappa shape index (κ3) is 11.0. The van der Waals surface area contributed by atoms with Crippen LogP contribution in [0.3, 0.4) is 0 Å². The van der Waals surface area contributed by atoms with Crippen molar-refractivity contribution in [3.63, 3.8) is 0 Å². The van der Waals surface area contributed by atoms with E-state index in [4.69, 9.17) is 9.47 Å². The molecule has 0 radical (unpaired) electrons. The molecule has 0 bridgehead atoms. The number of nitrogens with one attached hydrogen (secondary N) is 2. The molecule has 1 rings (SSSR count). The zero-order valence-electron chi connectivity index (χ0n) is 15.0.